The van der Waals surface area contributed by atoms with Gasteiger partial charge in [-0.2, -0.15) is 13.2 Å². The van der Waals surface area contributed by atoms with E-state index in [2.05, 4.69) is 15.6 Å². The largest absolute Gasteiger partial charge is 0.497 e. The zero-order valence-corrected chi connectivity index (χ0v) is 16.6. The molecule has 0 fully saturated rings. The highest BCUT2D eigenvalue weighted by Gasteiger charge is 2.26. The Bertz CT molecular complexity index is 527. The van der Waals surface area contributed by atoms with Crippen LogP contribution < -0.4 is 15.4 Å². The maximum Gasteiger partial charge on any atom is 0.390 e. The smallest absolute Gasteiger partial charge is 0.390 e. The molecule has 0 aliphatic rings. The second kappa shape index (κ2) is 11.6. The summed E-state index contributed by atoms with van der Waals surface area (Å²) in [6.45, 7) is 2.62. The SMILES string of the molecule is CCNC(=NCCC(F)(F)F)NCCc1ccc(OC)cc1Cl.I. The van der Waals surface area contributed by atoms with E-state index in [4.69, 9.17) is 16.3 Å². The van der Waals surface area contributed by atoms with Gasteiger partial charge in [0.2, 0.25) is 0 Å². The van der Waals surface area contributed by atoms with Crippen LogP contribution in [0.25, 0.3) is 0 Å². The van der Waals surface area contributed by atoms with Gasteiger partial charge in [0.15, 0.2) is 5.96 Å². The van der Waals surface area contributed by atoms with E-state index in [1.807, 2.05) is 19.1 Å². The molecule has 0 aromatic heterocycles. The first kappa shape index (κ1) is 23.1. The first-order valence-electron chi connectivity index (χ1n) is 7.27. The van der Waals surface area contributed by atoms with Crippen LogP contribution in [0.1, 0.15) is 18.9 Å². The minimum absolute atomic E-state index is 0. The summed E-state index contributed by atoms with van der Waals surface area (Å²) in [6, 6.07) is 5.39. The van der Waals surface area contributed by atoms with E-state index in [0.29, 0.717) is 36.2 Å². The van der Waals surface area contributed by atoms with E-state index in [1.54, 1.807) is 13.2 Å². The summed E-state index contributed by atoms with van der Waals surface area (Å²) < 4.78 is 41.5. The van der Waals surface area contributed by atoms with Crippen LogP contribution in [0.15, 0.2) is 23.2 Å². The number of nitrogens with zero attached hydrogens (tertiary/aromatic N) is 1. The lowest BCUT2D eigenvalue weighted by atomic mass is 10.1. The van der Waals surface area contributed by atoms with Crippen molar-refractivity contribution >= 4 is 41.5 Å². The lowest BCUT2D eigenvalue weighted by Gasteiger charge is -2.12. The van der Waals surface area contributed by atoms with Crippen molar-refractivity contribution in [2.24, 2.45) is 4.99 Å². The number of methoxy groups -OCH3 is 1. The summed E-state index contributed by atoms with van der Waals surface area (Å²) in [5.74, 6) is 1.04. The topological polar surface area (TPSA) is 45.7 Å². The number of aliphatic imine (C=N–C) groups is 1. The lowest BCUT2D eigenvalue weighted by Crippen LogP contribution is -2.38. The third-order valence-corrected chi connectivity index (χ3v) is 3.31. The molecule has 0 aliphatic heterocycles. The Morgan fingerprint density at radius 3 is 2.54 bits per heavy atom. The highest BCUT2D eigenvalue weighted by molar-refractivity contribution is 14.0. The molecular formula is C15H22ClF3IN3O. The Hall–Kier alpha value is -0.900. The number of alkyl halides is 3. The number of ether oxygens (including phenoxy) is 1. The van der Waals surface area contributed by atoms with Gasteiger partial charge in [0.05, 0.1) is 20.1 Å². The van der Waals surface area contributed by atoms with Crippen molar-refractivity contribution in [1.82, 2.24) is 10.6 Å². The molecule has 0 atom stereocenters. The minimum atomic E-state index is -4.20. The maximum atomic E-state index is 12.1. The number of nitrogens with one attached hydrogen (secondary N) is 2. The molecule has 0 saturated heterocycles. The molecule has 24 heavy (non-hydrogen) atoms. The third-order valence-electron chi connectivity index (χ3n) is 2.96. The van der Waals surface area contributed by atoms with E-state index < -0.39 is 12.6 Å². The number of hydrogen-bond donors (Lipinski definition) is 2. The van der Waals surface area contributed by atoms with Crippen molar-refractivity contribution in [3.63, 3.8) is 0 Å². The first-order chi connectivity index (χ1) is 10.9. The van der Waals surface area contributed by atoms with E-state index in [1.165, 1.54) is 0 Å². The molecule has 1 rings (SSSR count). The Morgan fingerprint density at radius 1 is 1.29 bits per heavy atom. The van der Waals surface area contributed by atoms with Gasteiger partial charge in [-0.25, -0.2) is 0 Å². The Kier molecular flexibility index (Phi) is 11.2. The quantitative estimate of drug-likeness (QED) is 0.353. The monoisotopic (exact) mass is 479 g/mol. The molecule has 0 amide bonds. The van der Waals surface area contributed by atoms with Crippen LogP contribution in [0.3, 0.4) is 0 Å². The van der Waals surface area contributed by atoms with Crippen molar-refractivity contribution in [3.8, 4) is 5.75 Å². The molecule has 4 nitrogen and oxygen atoms in total. The van der Waals surface area contributed by atoms with Crippen LogP contribution in [0, 0.1) is 0 Å². The van der Waals surface area contributed by atoms with Crippen molar-refractivity contribution in [3.05, 3.63) is 28.8 Å². The summed E-state index contributed by atoms with van der Waals surface area (Å²) in [5, 5.41) is 6.49. The van der Waals surface area contributed by atoms with Crippen molar-refractivity contribution in [2.75, 3.05) is 26.7 Å². The van der Waals surface area contributed by atoms with Gasteiger partial charge in [0.1, 0.15) is 5.75 Å². The average molecular weight is 480 g/mol. The molecule has 1 aromatic rings. The van der Waals surface area contributed by atoms with Crippen LogP contribution in [0.2, 0.25) is 5.02 Å². The molecule has 1 aromatic carbocycles. The van der Waals surface area contributed by atoms with E-state index in [9.17, 15) is 13.2 Å². The van der Waals surface area contributed by atoms with E-state index in [0.717, 1.165) is 5.56 Å². The van der Waals surface area contributed by atoms with Crippen LogP contribution >= 0.6 is 35.6 Å². The molecule has 0 bridgehead atoms. The van der Waals surface area contributed by atoms with Gasteiger partial charge in [0, 0.05) is 18.1 Å². The number of halogens is 5. The van der Waals surface area contributed by atoms with Crippen LogP contribution in [-0.4, -0.2) is 38.9 Å². The normalized spacial score (nSPS) is 11.7. The van der Waals surface area contributed by atoms with Crippen molar-refractivity contribution < 1.29 is 17.9 Å². The van der Waals surface area contributed by atoms with Crippen LogP contribution in [0.4, 0.5) is 13.2 Å². The summed E-state index contributed by atoms with van der Waals surface area (Å²) in [5.41, 5.74) is 0.922. The molecule has 2 N–H and O–H groups in total. The van der Waals surface area contributed by atoms with E-state index in [-0.39, 0.29) is 30.5 Å². The van der Waals surface area contributed by atoms with Gasteiger partial charge in [-0.15, -0.1) is 24.0 Å². The van der Waals surface area contributed by atoms with Gasteiger partial charge in [-0.05, 0) is 31.0 Å². The predicted molar refractivity (Wildman–Crippen MR) is 102 cm³/mol. The fourth-order valence-electron chi connectivity index (χ4n) is 1.81. The Labute approximate surface area is 162 Å². The highest BCUT2D eigenvalue weighted by Crippen LogP contribution is 2.22. The Balaban J connectivity index is 0.00000529. The fraction of sp³-hybridized carbons (Fsp3) is 0.533. The maximum absolute atomic E-state index is 12.1. The molecule has 0 aliphatic carbocycles. The van der Waals surface area contributed by atoms with E-state index >= 15 is 0 Å². The molecule has 9 heteroatoms. The highest BCUT2D eigenvalue weighted by atomic mass is 127. The molecular weight excluding hydrogens is 458 g/mol. The number of guanidine groups is 1. The van der Waals surface area contributed by atoms with Crippen LogP contribution in [0.5, 0.6) is 5.75 Å². The lowest BCUT2D eigenvalue weighted by molar-refractivity contribution is -0.132. The fourth-order valence-corrected chi connectivity index (χ4v) is 2.07. The minimum Gasteiger partial charge on any atom is -0.497 e. The zero-order valence-electron chi connectivity index (χ0n) is 13.5. The summed E-state index contributed by atoms with van der Waals surface area (Å²) >= 11 is 6.14. The average Bonchev–Trinajstić information content (AvgIpc) is 2.47. The summed E-state index contributed by atoms with van der Waals surface area (Å²) in [7, 11) is 1.56. The molecule has 0 unspecified atom stereocenters. The van der Waals surface area contributed by atoms with Gasteiger partial charge in [0.25, 0.3) is 0 Å². The van der Waals surface area contributed by atoms with Gasteiger partial charge >= 0.3 is 6.18 Å². The van der Waals surface area contributed by atoms with Crippen molar-refractivity contribution in [1.29, 1.82) is 0 Å². The number of rotatable bonds is 7. The molecule has 138 valence electrons. The number of benzene rings is 1. The number of hydrogen-bond acceptors (Lipinski definition) is 2. The third kappa shape index (κ3) is 9.41. The zero-order chi connectivity index (χ0) is 17.3. The second-order valence-corrected chi connectivity index (χ2v) is 5.17. The van der Waals surface area contributed by atoms with Crippen molar-refractivity contribution in [2.45, 2.75) is 25.9 Å². The predicted octanol–water partition coefficient (Wildman–Crippen LogP) is 4.02. The molecule has 0 radical (unpaired) electrons. The summed E-state index contributed by atoms with van der Waals surface area (Å²) in [6.07, 6.45) is -4.52. The Morgan fingerprint density at radius 2 is 2.00 bits per heavy atom. The molecule has 0 heterocycles. The van der Waals surface area contributed by atoms with Gasteiger partial charge < -0.3 is 15.4 Å². The van der Waals surface area contributed by atoms with Crippen LogP contribution in [-0.2, 0) is 6.42 Å². The summed E-state index contributed by atoms with van der Waals surface area (Å²) in [4.78, 5) is 3.90. The molecule has 0 saturated carbocycles. The second-order valence-electron chi connectivity index (χ2n) is 4.76. The molecule has 0 spiro atoms. The first-order valence-corrected chi connectivity index (χ1v) is 7.65. The van der Waals surface area contributed by atoms with Gasteiger partial charge in [-0.1, -0.05) is 17.7 Å². The van der Waals surface area contributed by atoms with Gasteiger partial charge in [-0.3, -0.25) is 4.99 Å². The standard InChI is InChI=1S/C15H21ClF3N3O.HI/c1-3-20-14(22-9-7-15(17,18)19)21-8-6-11-4-5-12(23-2)10-13(11)16;/h4-5,10H,3,6-9H2,1-2H3,(H2,20,21,22);1H.